The predicted octanol–water partition coefficient (Wildman–Crippen LogP) is 3.98. The van der Waals surface area contributed by atoms with Crippen molar-refractivity contribution in [3.05, 3.63) is 78.4 Å². The van der Waals surface area contributed by atoms with E-state index in [0.717, 1.165) is 0 Å². The number of furan rings is 1. The van der Waals surface area contributed by atoms with Gasteiger partial charge in [0.1, 0.15) is 29.0 Å². The van der Waals surface area contributed by atoms with E-state index >= 15 is 0 Å². The molecule has 0 aliphatic rings. The minimum atomic E-state index is -0.318. The third-order valence-electron chi connectivity index (χ3n) is 3.85. The second kappa shape index (κ2) is 7.47. The molecule has 3 aromatic heterocycles. The zero-order chi connectivity index (χ0) is 19.3. The molecule has 0 unspecified atom stereocenters. The number of benzene rings is 1. The topological polar surface area (TPSA) is 117 Å². The van der Waals surface area contributed by atoms with Gasteiger partial charge in [0.15, 0.2) is 5.76 Å². The molecule has 0 fully saturated rings. The first-order valence-electron chi connectivity index (χ1n) is 8.25. The van der Waals surface area contributed by atoms with E-state index in [4.69, 9.17) is 14.4 Å². The number of amides is 1. The van der Waals surface area contributed by atoms with Crippen LogP contribution in [-0.4, -0.2) is 21.1 Å². The van der Waals surface area contributed by atoms with Crippen molar-refractivity contribution in [2.75, 3.05) is 5.32 Å². The molecule has 8 heteroatoms. The number of carbonyl (C=O) groups is 1. The van der Waals surface area contributed by atoms with Gasteiger partial charge in [0.05, 0.1) is 18.0 Å². The number of nitriles is 1. The lowest BCUT2D eigenvalue weighted by Crippen LogP contribution is -2.12. The molecule has 0 atom stereocenters. The quantitative estimate of drug-likeness (QED) is 0.548. The van der Waals surface area contributed by atoms with Gasteiger partial charge in [0, 0.05) is 18.0 Å². The van der Waals surface area contributed by atoms with E-state index in [1.165, 1.54) is 18.7 Å². The average molecular weight is 371 g/mol. The van der Waals surface area contributed by atoms with E-state index in [2.05, 4.69) is 20.5 Å². The summed E-state index contributed by atoms with van der Waals surface area (Å²) in [6, 6.07) is 15.5. The first-order valence-corrected chi connectivity index (χ1v) is 8.25. The Hall–Kier alpha value is -4.38. The molecule has 4 rings (SSSR count). The fourth-order valence-electron chi connectivity index (χ4n) is 2.54. The van der Waals surface area contributed by atoms with Crippen LogP contribution in [0.5, 0.6) is 11.5 Å². The number of hydrogen-bond donors (Lipinski definition) is 2. The average Bonchev–Trinajstić information content (AvgIpc) is 3.41. The summed E-state index contributed by atoms with van der Waals surface area (Å²) in [5.74, 6) is 1.28. The summed E-state index contributed by atoms with van der Waals surface area (Å²) < 4.78 is 11.0. The third kappa shape index (κ3) is 3.59. The van der Waals surface area contributed by atoms with Crippen molar-refractivity contribution >= 4 is 11.6 Å². The first-order chi connectivity index (χ1) is 13.7. The van der Waals surface area contributed by atoms with Crippen molar-refractivity contribution in [3.63, 3.8) is 0 Å². The highest BCUT2D eigenvalue weighted by molar-refractivity contribution is 6.07. The van der Waals surface area contributed by atoms with Crippen molar-refractivity contribution in [1.82, 2.24) is 15.2 Å². The lowest BCUT2D eigenvalue weighted by molar-refractivity contribution is 0.102. The molecule has 0 radical (unpaired) electrons. The van der Waals surface area contributed by atoms with E-state index < -0.39 is 0 Å². The number of carbonyl (C=O) groups excluding carboxylic acids is 1. The van der Waals surface area contributed by atoms with Gasteiger partial charge in [0.2, 0.25) is 0 Å². The van der Waals surface area contributed by atoms with Crippen LogP contribution in [0, 0.1) is 11.3 Å². The Morgan fingerprint density at radius 3 is 2.79 bits per heavy atom. The number of ether oxygens (including phenoxy) is 1. The molecule has 136 valence electrons. The molecule has 1 amide bonds. The van der Waals surface area contributed by atoms with Crippen LogP contribution in [0.4, 0.5) is 5.69 Å². The summed E-state index contributed by atoms with van der Waals surface area (Å²) in [6.45, 7) is 0. The summed E-state index contributed by atoms with van der Waals surface area (Å²) in [5, 5.41) is 18.4. The highest BCUT2D eigenvalue weighted by atomic mass is 16.5. The Morgan fingerprint density at radius 2 is 2.04 bits per heavy atom. The zero-order valence-corrected chi connectivity index (χ0v) is 14.4. The van der Waals surface area contributed by atoms with E-state index in [9.17, 15) is 4.79 Å². The maximum absolute atomic E-state index is 12.6. The van der Waals surface area contributed by atoms with Crippen molar-refractivity contribution < 1.29 is 13.9 Å². The van der Waals surface area contributed by atoms with Gasteiger partial charge in [-0.2, -0.15) is 10.4 Å². The van der Waals surface area contributed by atoms with Gasteiger partial charge in [-0.15, -0.1) is 0 Å². The fourth-order valence-corrected chi connectivity index (χ4v) is 2.54. The number of nitrogens with zero attached hydrogens (tertiary/aromatic N) is 3. The van der Waals surface area contributed by atoms with Crippen LogP contribution in [-0.2, 0) is 0 Å². The first kappa shape index (κ1) is 17.1. The normalized spacial score (nSPS) is 10.2. The van der Waals surface area contributed by atoms with E-state index in [1.54, 1.807) is 48.5 Å². The number of aromatic amines is 1. The SMILES string of the molecule is N#Cc1cc(Oc2ccc(NC(=O)c3cn[nH]c3-c3ccco3)cc2)ccn1. The highest BCUT2D eigenvalue weighted by Gasteiger charge is 2.17. The Balaban J connectivity index is 1.46. The molecule has 0 saturated heterocycles. The number of H-pyrrole nitrogens is 1. The monoisotopic (exact) mass is 371 g/mol. The minimum absolute atomic E-state index is 0.272. The van der Waals surface area contributed by atoms with Crippen molar-refractivity contribution in [3.8, 4) is 29.0 Å². The van der Waals surface area contributed by atoms with Gasteiger partial charge >= 0.3 is 0 Å². The smallest absolute Gasteiger partial charge is 0.259 e. The number of rotatable bonds is 5. The molecule has 4 aromatic rings. The standard InChI is InChI=1S/C20H13N5O3/c21-11-14-10-16(7-8-22-14)28-15-5-3-13(4-6-15)24-20(26)17-12-23-25-19(17)18-2-1-9-27-18/h1-10,12H,(H,23,25)(H,24,26). The van der Waals surface area contributed by atoms with Crippen LogP contribution in [0.25, 0.3) is 11.5 Å². The van der Waals surface area contributed by atoms with Gasteiger partial charge in [-0.3, -0.25) is 9.89 Å². The molecule has 0 saturated carbocycles. The van der Waals surface area contributed by atoms with Crippen LogP contribution in [0.2, 0.25) is 0 Å². The second-order valence-corrected chi connectivity index (χ2v) is 5.71. The number of aromatic nitrogens is 3. The van der Waals surface area contributed by atoms with Crippen molar-refractivity contribution in [1.29, 1.82) is 5.26 Å². The maximum Gasteiger partial charge on any atom is 0.259 e. The molecule has 0 spiro atoms. The van der Waals surface area contributed by atoms with Gasteiger partial charge in [-0.25, -0.2) is 4.98 Å². The van der Waals surface area contributed by atoms with Crippen LogP contribution in [0.3, 0.4) is 0 Å². The van der Waals surface area contributed by atoms with Crippen molar-refractivity contribution in [2.24, 2.45) is 0 Å². The lowest BCUT2D eigenvalue weighted by Gasteiger charge is -2.08. The Bertz CT molecular complexity index is 1140. The molecule has 3 heterocycles. The maximum atomic E-state index is 12.6. The molecular weight excluding hydrogens is 358 g/mol. The molecule has 8 nitrogen and oxygen atoms in total. The van der Waals surface area contributed by atoms with Gasteiger partial charge in [-0.1, -0.05) is 0 Å². The third-order valence-corrected chi connectivity index (χ3v) is 3.85. The summed E-state index contributed by atoms with van der Waals surface area (Å²) in [6.07, 6.45) is 4.48. The van der Waals surface area contributed by atoms with E-state index in [-0.39, 0.29) is 11.6 Å². The fraction of sp³-hybridized carbons (Fsp3) is 0. The minimum Gasteiger partial charge on any atom is -0.463 e. The van der Waals surface area contributed by atoms with E-state index in [0.29, 0.717) is 34.2 Å². The summed E-state index contributed by atoms with van der Waals surface area (Å²) >= 11 is 0. The lowest BCUT2D eigenvalue weighted by atomic mass is 10.2. The highest BCUT2D eigenvalue weighted by Crippen LogP contribution is 2.25. The van der Waals surface area contributed by atoms with Crippen LogP contribution >= 0.6 is 0 Å². The van der Waals surface area contributed by atoms with Crippen LogP contribution < -0.4 is 10.1 Å². The number of anilines is 1. The molecule has 0 bridgehead atoms. The molecular formula is C20H13N5O3. The number of hydrogen-bond acceptors (Lipinski definition) is 6. The molecule has 0 aliphatic carbocycles. The number of pyridine rings is 1. The molecule has 2 N–H and O–H groups in total. The van der Waals surface area contributed by atoms with Gasteiger partial charge < -0.3 is 14.5 Å². The largest absolute Gasteiger partial charge is 0.463 e. The second-order valence-electron chi connectivity index (χ2n) is 5.71. The molecule has 1 aromatic carbocycles. The van der Waals surface area contributed by atoms with Gasteiger partial charge in [0.25, 0.3) is 5.91 Å². The van der Waals surface area contributed by atoms with Crippen LogP contribution in [0.15, 0.2) is 71.6 Å². The summed E-state index contributed by atoms with van der Waals surface area (Å²) in [4.78, 5) is 16.4. The van der Waals surface area contributed by atoms with E-state index in [1.807, 2.05) is 6.07 Å². The Labute approximate surface area is 159 Å². The molecule has 28 heavy (non-hydrogen) atoms. The Kier molecular flexibility index (Phi) is 4.55. The number of nitrogens with one attached hydrogen (secondary N) is 2. The Morgan fingerprint density at radius 1 is 1.18 bits per heavy atom. The zero-order valence-electron chi connectivity index (χ0n) is 14.4. The molecule has 0 aliphatic heterocycles. The van der Waals surface area contributed by atoms with Crippen LogP contribution in [0.1, 0.15) is 16.1 Å². The summed E-state index contributed by atoms with van der Waals surface area (Å²) in [7, 11) is 0. The predicted molar refractivity (Wildman–Crippen MR) is 99.7 cm³/mol. The summed E-state index contributed by atoms with van der Waals surface area (Å²) in [5.41, 5.74) is 1.75. The van der Waals surface area contributed by atoms with Crippen molar-refractivity contribution in [2.45, 2.75) is 0 Å². The van der Waals surface area contributed by atoms with Gasteiger partial charge in [-0.05, 0) is 42.5 Å².